The molecule has 2 aliphatic heterocycles. The number of likely N-dealkylation sites (tertiary alicyclic amines) is 1. The van der Waals surface area contributed by atoms with Crippen LogP contribution in [0.2, 0.25) is 0 Å². The van der Waals surface area contributed by atoms with Gasteiger partial charge in [-0.3, -0.25) is 0 Å². The van der Waals surface area contributed by atoms with E-state index in [0.29, 0.717) is 12.6 Å². The van der Waals surface area contributed by atoms with Gasteiger partial charge in [0.25, 0.3) is 0 Å². The first-order valence-corrected chi connectivity index (χ1v) is 9.43. The highest BCUT2D eigenvalue weighted by atomic mass is 16.5. The summed E-state index contributed by atoms with van der Waals surface area (Å²) in [6.07, 6.45) is 6.49. The van der Waals surface area contributed by atoms with Crippen molar-refractivity contribution in [2.45, 2.75) is 56.9 Å². The highest BCUT2D eigenvalue weighted by Crippen LogP contribution is 2.34. The average molecular weight is 330 g/mol. The lowest BCUT2D eigenvalue weighted by atomic mass is 9.74. The van der Waals surface area contributed by atoms with E-state index in [-0.39, 0.29) is 11.4 Å². The molecule has 2 heterocycles. The molecular formula is C20H30N2O2. The first kappa shape index (κ1) is 17.3. The van der Waals surface area contributed by atoms with Crippen molar-refractivity contribution >= 4 is 6.03 Å². The third-order valence-electron chi connectivity index (χ3n) is 5.77. The molecule has 4 heteroatoms. The van der Waals surface area contributed by atoms with E-state index in [1.807, 2.05) is 0 Å². The van der Waals surface area contributed by atoms with Crippen LogP contribution in [0, 0.1) is 0 Å². The number of urea groups is 1. The molecule has 0 saturated carbocycles. The van der Waals surface area contributed by atoms with E-state index < -0.39 is 0 Å². The van der Waals surface area contributed by atoms with Gasteiger partial charge in [0.1, 0.15) is 0 Å². The van der Waals surface area contributed by atoms with Crippen molar-refractivity contribution in [3.8, 4) is 0 Å². The highest BCUT2D eigenvalue weighted by molar-refractivity contribution is 5.74. The average Bonchev–Trinajstić information content (AvgIpc) is 2.67. The standard InChI is InChI=1S/C20H30N2O2/c1-2-18-10-6-7-13-22(18)19(23)21-16-20(11-14-24-15-12-20)17-8-4-3-5-9-17/h3-5,8-9,18H,2,6-7,10-16H2,1H3,(H,21,23). The summed E-state index contributed by atoms with van der Waals surface area (Å²) < 4.78 is 5.58. The second kappa shape index (κ2) is 8.02. The van der Waals surface area contributed by atoms with Gasteiger partial charge in [0, 0.05) is 37.8 Å². The van der Waals surface area contributed by atoms with E-state index in [9.17, 15) is 4.79 Å². The van der Waals surface area contributed by atoms with Gasteiger partial charge in [-0.1, -0.05) is 37.3 Å². The lowest BCUT2D eigenvalue weighted by Crippen LogP contribution is -2.52. The molecule has 1 aromatic carbocycles. The van der Waals surface area contributed by atoms with Crippen LogP contribution in [-0.2, 0) is 10.2 Å². The maximum absolute atomic E-state index is 12.8. The number of carbonyl (C=O) groups is 1. The number of hydrogen-bond acceptors (Lipinski definition) is 2. The molecule has 1 aromatic rings. The van der Waals surface area contributed by atoms with Crippen LogP contribution in [-0.4, -0.2) is 43.3 Å². The van der Waals surface area contributed by atoms with Crippen molar-refractivity contribution < 1.29 is 9.53 Å². The quantitative estimate of drug-likeness (QED) is 0.914. The Bertz CT molecular complexity index is 526. The molecule has 1 N–H and O–H groups in total. The lowest BCUT2D eigenvalue weighted by molar-refractivity contribution is 0.0495. The minimum Gasteiger partial charge on any atom is -0.381 e. The zero-order valence-electron chi connectivity index (χ0n) is 14.8. The Kier molecular flexibility index (Phi) is 5.77. The molecule has 4 nitrogen and oxygen atoms in total. The molecule has 132 valence electrons. The van der Waals surface area contributed by atoms with Crippen LogP contribution in [0.1, 0.15) is 51.0 Å². The Morgan fingerprint density at radius 3 is 2.71 bits per heavy atom. The third kappa shape index (κ3) is 3.75. The minimum atomic E-state index is 0.00662. The molecule has 2 aliphatic rings. The fraction of sp³-hybridized carbons (Fsp3) is 0.650. The highest BCUT2D eigenvalue weighted by Gasteiger charge is 2.35. The zero-order valence-corrected chi connectivity index (χ0v) is 14.8. The minimum absolute atomic E-state index is 0.00662. The van der Waals surface area contributed by atoms with Gasteiger partial charge < -0.3 is 15.0 Å². The van der Waals surface area contributed by atoms with E-state index in [4.69, 9.17) is 4.74 Å². The van der Waals surface area contributed by atoms with Gasteiger partial charge in [0.05, 0.1) is 0 Å². The normalized spacial score (nSPS) is 23.7. The Morgan fingerprint density at radius 1 is 1.25 bits per heavy atom. The Labute approximate surface area is 145 Å². The molecular weight excluding hydrogens is 300 g/mol. The number of nitrogens with one attached hydrogen (secondary N) is 1. The molecule has 0 bridgehead atoms. The van der Waals surface area contributed by atoms with Crippen LogP contribution >= 0.6 is 0 Å². The lowest BCUT2D eigenvalue weighted by Gasteiger charge is -2.40. The van der Waals surface area contributed by atoms with Gasteiger partial charge in [0.2, 0.25) is 0 Å². The molecule has 0 spiro atoms. The van der Waals surface area contributed by atoms with E-state index in [1.165, 1.54) is 12.0 Å². The second-order valence-electron chi connectivity index (χ2n) is 7.17. The van der Waals surface area contributed by atoms with E-state index >= 15 is 0 Å². The van der Waals surface area contributed by atoms with E-state index in [2.05, 4.69) is 47.5 Å². The van der Waals surface area contributed by atoms with E-state index in [0.717, 1.165) is 51.9 Å². The summed E-state index contributed by atoms with van der Waals surface area (Å²) >= 11 is 0. The Balaban J connectivity index is 1.68. The van der Waals surface area contributed by atoms with Crippen molar-refractivity contribution in [3.63, 3.8) is 0 Å². The van der Waals surface area contributed by atoms with Crippen LogP contribution in [0.5, 0.6) is 0 Å². The second-order valence-corrected chi connectivity index (χ2v) is 7.17. The van der Waals surface area contributed by atoms with Gasteiger partial charge in [-0.25, -0.2) is 4.79 Å². The first-order valence-electron chi connectivity index (χ1n) is 9.43. The maximum atomic E-state index is 12.8. The first-order chi connectivity index (χ1) is 11.7. The summed E-state index contributed by atoms with van der Waals surface area (Å²) in [6.45, 7) is 5.32. The Hall–Kier alpha value is -1.55. The zero-order chi connectivity index (χ0) is 16.8. The van der Waals surface area contributed by atoms with Crippen LogP contribution < -0.4 is 5.32 Å². The summed E-state index contributed by atoms with van der Waals surface area (Å²) in [5.74, 6) is 0. The molecule has 2 fully saturated rings. The monoisotopic (exact) mass is 330 g/mol. The van der Waals surface area contributed by atoms with Gasteiger partial charge in [-0.15, -0.1) is 0 Å². The number of piperidine rings is 1. The summed E-state index contributed by atoms with van der Waals surface area (Å²) in [7, 11) is 0. The van der Waals surface area contributed by atoms with Crippen molar-refractivity contribution in [1.29, 1.82) is 0 Å². The molecule has 2 amide bonds. The molecule has 0 aromatic heterocycles. The SMILES string of the molecule is CCC1CCCCN1C(=O)NCC1(c2ccccc2)CCOCC1. The predicted octanol–water partition coefficient (Wildman–Crippen LogP) is 3.71. The summed E-state index contributed by atoms with van der Waals surface area (Å²) in [4.78, 5) is 14.8. The van der Waals surface area contributed by atoms with Gasteiger partial charge >= 0.3 is 6.03 Å². The van der Waals surface area contributed by atoms with Crippen molar-refractivity contribution in [3.05, 3.63) is 35.9 Å². The smallest absolute Gasteiger partial charge is 0.317 e. The third-order valence-corrected chi connectivity index (χ3v) is 5.77. The molecule has 24 heavy (non-hydrogen) atoms. The predicted molar refractivity (Wildman–Crippen MR) is 96.2 cm³/mol. The summed E-state index contributed by atoms with van der Waals surface area (Å²) in [5.41, 5.74) is 1.33. The van der Waals surface area contributed by atoms with Crippen molar-refractivity contribution in [2.24, 2.45) is 0 Å². The van der Waals surface area contributed by atoms with Crippen LogP contribution in [0.4, 0.5) is 4.79 Å². The molecule has 0 radical (unpaired) electrons. The summed E-state index contributed by atoms with van der Waals surface area (Å²) in [6, 6.07) is 11.1. The van der Waals surface area contributed by atoms with E-state index in [1.54, 1.807) is 0 Å². The van der Waals surface area contributed by atoms with Crippen molar-refractivity contribution in [1.82, 2.24) is 10.2 Å². The van der Waals surface area contributed by atoms with Crippen LogP contribution in [0.15, 0.2) is 30.3 Å². The molecule has 2 saturated heterocycles. The number of carbonyl (C=O) groups excluding carboxylic acids is 1. The number of ether oxygens (including phenoxy) is 1. The topological polar surface area (TPSA) is 41.6 Å². The number of rotatable bonds is 4. The van der Waals surface area contributed by atoms with Gasteiger partial charge in [-0.2, -0.15) is 0 Å². The number of amides is 2. The number of hydrogen-bond donors (Lipinski definition) is 1. The molecule has 1 atom stereocenters. The fourth-order valence-electron chi connectivity index (χ4n) is 4.16. The van der Waals surface area contributed by atoms with Gasteiger partial charge in [-0.05, 0) is 44.1 Å². The number of nitrogens with zero attached hydrogens (tertiary/aromatic N) is 1. The molecule has 3 rings (SSSR count). The van der Waals surface area contributed by atoms with Crippen LogP contribution in [0.3, 0.4) is 0 Å². The van der Waals surface area contributed by atoms with Gasteiger partial charge in [0.15, 0.2) is 0 Å². The fourth-order valence-corrected chi connectivity index (χ4v) is 4.16. The largest absolute Gasteiger partial charge is 0.381 e. The molecule has 1 unspecified atom stereocenters. The summed E-state index contributed by atoms with van der Waals surface area (Å²) in [5, 5.41) is 3.26. The molecule has 0 aliphatic carbocycles. The number of benzene rings is 1. The van der Waals surface area contributed by atoms with Crippen LogP contribution in [0.25, 0.3) is 0 Å². The van der Waals surface area contributed by atoms with Crippen molar-refractivity contribution in [2.75, 3.05) is 26.3 Å². The Morgan fingerprint density at radius 2 is 2.00 bits per heavy atom. The maximum Gasteiger partial charge on any atom is 0.317 e.